The van der Waals surface area contributed by atoms with Crippen LogP contribution in [-0.2, 0) is 4.79 Å². The maximum atomic E-state index is 12.0. The van der Waals surface area contributed by atoms with Crippen LogP contribution in [0.1, 0.15) is 15.9 Å². The van der Waals surface area contributed by atoms with Crippen LogP contribution in [0.25, 0.3) is 6.08 Å². The van der Waals surface area contributed by atoms with Gasteiger partial charge in [0.1, 0.15) is 11.5 Å². The van der Waals surface area contributed by atoms with Crippen molar-refractivity contribution in [2.24, 2.45) is 0 Å². The Balaban J connectivity index is 1.97. The highest BCUT2D eigenvalue weighted by Crippen LogP contribution is 2.25. The Morgan fingerprint density at radius 2 is 1.80 bits per heavy atom. The quantitative estimate of drug-likeness (QED) is 0.593. The summed E-state index contributed by atoms with van der Waals surface area (Å²) in [4.78, 5) is 23.9. The number of hydrazine groups is 1. The molecule has 0 radical (unpaired) electrons. The van der Waals surface area contributed by atoms with E-state index >= 15 is 0 Å². The van der Waals surface area contributed by atoms with Gasteiger partial charge in [0.05, 0.1) is 19.8 Å². The fourth-order valence-corrected chi connectivity index (χ4v) is 2.46. The third-order valence-electron chi connectivity index (χ3n) is 3.27. The Kier molecular flexibility index (Phi) is 6.59. The second-order valence-electron chi connectivity index (χ2n) is 4.86. The van der Waals surface area contributed by atoms with Gasteiger partial charge in [0, 0.05) is 22.2 Å². The number of rotatable bonds is 5. The van der Waals surface area contributed by atoms with Crippen molar-refractivity contribution in [1.82, 2.24) is 10.9 Å². The predicted octanol–water partition coefficient (Wildman–Crippen LogP) is 2.94. The molecular weight excluding hydrogens is 388 g/mol. The van der Waals surface area contributed by atoms with E-state index in [0.29, 0.717) is 27.1 Å². The second-order valence-corrected chi connectivity index (χ2v) is 5.72. The van der Waals surface area contributed by atoms with Crippen LogP contribution in [0.5, 0.6) is 11.5 Å². The number of nitrogens with one attached hydrogen (secondary N) is 2. The maximum absolute atomic E-state index is 12.0. The molecular formula is C18H17BrN2O4. The number of halogens is 1. The molecule has 0 saturated carbocycles. The molecule has 2 aromatic rings. The summed E-state index contributed by atoms with van der Waals surface area (Å²) in [6.07, 6.45) is 2.88. The van der Waals surface area contributed by atoms with Crippen LogP contribution < -0.4 is 20.3 Å². The summed E-state index contributed by atoms with van der Waals surface area (Å²) < 4.78 is 11.0. The van der Waals surface area contributed by atoms with E-state index in [9.17, 15) is 9.59 Å². The maximum Gasteiger partial charge on any atom is 0.270 e. The summed E-state index contributed by atoms with van der Waals surface area (Å²) in [6, 6.07) is 12.2. The van der Waals surface area contributed by atoms with E-state index in [-0.39, 0.29) is 0 Å². The van der Waals surface area contributed by atoms with Gasteiger partial charge in [-0.2, -0.15) is 0 Å². The first-order chi connectivity index (χ1) is 12.0. The molecule has 2 amide bonds. The summed E-state index contributed by atoms with van der Waals surface area (Å²) >= 11 is 3.28. The minimum atomic E-state index is -0.474. The normalized spacial score (nSPS) is 10.4. The van der Waals surface area contributed by atoms with E-state index in [0.717, 1.165) is 0 Å². The SMILES string of the molecule is COc1ccc(/C=C/C(=O)NNC(=O)c2ccccc2Br)c(OC)c1. The Labute approximate surface area is 153 Å². The number of methoxy groups -OCH3 is 2. The fourth-order valence-electron chi connectivity index (χ4n) is 1.99. The number of carbonyl (C=O) groups is 2. The molecule has 7 heteroatoms. The average molecular weight is 405 g/mol. The first kappa shape index (κ1) is 18.5. The van der Waals surface area contributed by atoms with Crippen LogP contribution >= 0.6 is 15.9 Å². The largest absolute Gasteiger partial charge is 0.497 e. The van der Waals surface area contributed by atoms with Gasteiger partial charge in [-0.3, -0.25) is 20.4 Å². The zero-order chi connectivity index (χ0) is 18.2. The third kappa shape index (κ3) is 5.09. The minimum absolute atomic E-state index is 0.420. The van der Waals surface area contributed by atoms with Crippen LogP contribution in [0.2, 0.25) is 0 Å². The van der Waals surface area contributed by atoms with Gasteiger partial charge in [-0.15, -0.1) is 0 Å². The highest BCUT2D eigenvalue weighted by Gasteiger charge is 2.09. The number of carbonyl (C=O) groups excluding carboxylic acids is 2. The highest BCUT2D eigenvalue weighted by atomic mass is 79.9. The van der Waals surface area contributed by atoms with E-state index in [4.69, 9.17) is 9.47 Å². The van der Waals surface area contributed by atoms with Crippen LogP contribution in [0.4, 0.5) is 0 Å². The molecule has 0 fully saturated rings. The first-order valence-electron chi connectivity index (χ1n) is 7.30. The molecule has 0 aliphatic heterocycles. The smallest absolute Gasteiger partial charge is 0.270 e. The third-order valence-corrected chi connectivity index (χ3v) is 3.96. The number of ether oxygens (including phenoxy) is 2. The molecule has 0 aromatic heterocycles. The van der Waals surface area contributed by atoms with Gasteiger partial charge in [-0.05, 0) is 46.3 Å². The number of amides is 2. The van der Waals surface area contributed by atoms with Crippen molar-refractivity contribution in [2.45, 2.75) is 0 Å². The van der Waals surface area contributed by atoms with E-state index in [1.54, 1.807) is 55.7 Å². The van der Waals surface area contributed by atoms with E-state index in [1.807, 2.05) is 0 Å². The molecule has 2 N–H and O–H groups in total. The molecule has 0 unspecified atom stereocenters. The van der Waals surface area contributed by atoms with Crippen molar-refractivity contribution in [3.63, 3.8) is 0 Å². The van der Waals surface area contributed by atoms with Gasteiger partial charge in [0.25, 0.3) is 11.8 Å². The van der Waals surface area contributed by atoms with Gasteiger partial charge < -0.3 is 9.47 Å². The number of hydrogen-bond acceptors (Lipinski definition) is 4. The summed E-state index contributed by atoms with van der Waals surface area (Å²) in [7, 11) is 3.09. The Hall–Kier alpha value is -2.80. The van der Waals surface area contributed by atoms with Crippen LogP contribution in [0, 0.1) is 0 Å². The fraction of sp³-hybridized carbons (Fsp3) is 0.111. The zero-order valence-corrected chi connectivity index (χ0v) is 15.3. The lowest BCUT2D eigenvalue weighted by atomic mass is 10.1. The first-order valence-corrected chi connectivity index (χ1v) is 8.09. The average Bonchev–Trinajstić information content (AvgIpc) is 2.64. The minimum Gasteiger partial charge on any atom is -0.497 e. The molecule has 6 nitrogen and oxygen atoms in total. The van der Waals surface area contributed by atoms with Gasteiger partial charge in [-0.25, -0.2) is 0 Å². The van der Waals surface area contributed by atoms with E-state index < -0.39 is 11.8 Å². The molecule has 0 saturated heterocycles. The summed E-state index contributed by atoms with van der Waals surface area (Å²) in [5, 5.41) is 0. The van der Waals surface area contributed by atoms with Gasteiger partial charge >= 0.3 is 0 Å². The molecule has 130 valence electrons. The van der Waals surface area contributed by atoms with Crippen molar-refractivity contribution in [3.8, 4) is 11.5 Å². The molecule has 0 spiro atoms. The molecule has 0 atom stereocenters. The molecule has 0 aliphatic rings. The molecule has 2 aromatic carbocycles. The van der Waals surface area contributed by atoms with Gasteiger partial charge in [-0.1, -0.05) is 12.1 Å². The number of benzene rings is 2. The Morgan fingerprint density at radius 1 is 1.04 bits per heavy atom. The van der Waals surface area contributed by atoms with Crippen molar-refractivity contribution in [1.29, 1.82) is 0 Å². The molecule has 0 aliphatic carbocycles. The summed E-state index contributed by atoms with van der Waals surface area (Å²) in [5.74, 6) is 0.328. The van der Waals surface area contributed by atoms with Crippen molar-refractivity contribution >= 4 is 33.8 Å². The standard InChI is InChI=1S/C18H17BrN2O4/c1-24-13-9-7-12(16(11-13)25-2)8-10-17(22)20-21-18(23)14-5-3-4-6-15(14)19/h3-11H,1-2H3,(H,20,22)(H,21,23)/b10-8+. The lowest BCUT2D eigenvalue weighted by molar-refractivity contribution is -0.117. The summed E-state index contributed by atoms with van der Waals surface area (Å²) in [6.45, 7) is 0. The second kappa shape index (κ2) is 8.89. The zero-order valence-electron chi connectivity index (χ0n) is 13.7. The van der Waals surface area contributed by atoms with Gasteiger partial charge in [0.2, 0.25) is 0 Å². The molecule has 0 heterocycles. The topological polar surface area (TPSA) is 76.7 Å². The highest BCUT2D eigenvalue weighted by molar-refractivity contribution is 9.10. The number of hydrogen-bond donors (Lipinski definition) is 2. The van der Waals surface area contributed by atoms with E-state index in [2.05, 4.69) is 26.8 Å². The monoisotopic (exact) mass is 404 g/mol. The van der Waals surface area contributed by atoms with Crippen LogP contribution in [0.15, 0.2) is 53.0 Å². The van der Waals surface area contributed by atoms with E-state index in [1.165, 1.54) is 13.2 Å². The Morgan fingerprint density at radius 3 is 2.48 bits per heavy atom. The van der Waals surface area contributed by atoms with Crippen molar-refractivity contribution in [2.75, 3.05) is 14.2 Å². The van der Waals surface area contributed by atoms with Crippen molar-refractivity contribution < 1.29 is 19.1 Å². The van der Waals surface area contributed by atoms with Crippen molar-refractivity contribution in [3.05, 3.63) is 64.1 Å². The van der Waals surface area contributed by atoms with Crippen LogP contribution in [0.3, 0.4) is 0 Å². The lowest BCUT2D eigenvalue weighted by Gasteiger charge is -2.08. The summed E-state index contributed by atoms with van der Waals surface area (Å²) in [5.41, 5.74) is 5.80. The molecule has 2 rings (SSSR count). The van der Waals surface area contributed by atoms with Gasteiger partial charge in [0.15, 0.2) is 0 Å². The lowest BCUT2D eigenvalue weighted by Crippen LogP contribution is -2.40. The Bertz CT molecular complexity index is 805. The van der Waals surface area contributed by atoms with Crippen LogP contribution in [-0.4, -0.2) is 26.0 Å². The molecule has 0 bridgehead atoms. The predicted molar refractivity (Wildman–Crippen MR) is 98.3 cm³/mol. The molecule has 25 heavy (non-hydrogen) atoms.